The molecule has 4 aromatic heterocycles. The molecule has 1 saturated heterocycles. The molecule has 0 amide bonds. The van der Waals surface area contributed by atoms with Crippen molar-refractivity contribution in [1.29, 1.82) is 0 Å². The first-order chi connectivity index (χ1) is 45.5. The van der Waals surface area contributed by atoms with Crippen LogP contribution in [0.1, 0.15) is 12.8 Å². The summed E-state index contributed by atoms with van der Waals surface area (Å²) < 4.78 is 63.6. The van der Waals surface area contributed by atoms with Crippen molar-refractivity contribution in [3.8, 4) is 68.3 Å². The molecule has 0 spiro atoms. The summed E-state index contributed by atoms with van der Waals surface area (Å²) in [5.41, 5.74) is 7.64. The van der Waals surface area contributed by atoms with Crippen LogP contribution in [0.5, 0.6) is 34.5 Å². The van der Waals surface area contributed by atoms with E-state index in [4.69, 9.17) is 28.9 Å². The molecule has 14 rings (SSSR count). The summed E-state index contributed by atoms with van der Waals surface area (Å²) in [6, 6.07) is 63.3. The highest BCUT2D eigenvalue weighted by molar-refractivity contribution is 5.95. The molecular weight excluding hydrogens is 1180 g/mol. The van der Waals surface area contributed by atoms with Crippen LogP contribution >= 0.6 is 0 Å². The summed E-state index contributed by atoms with van der Waals surface area (Å²) in [4.78, 5) is 46.1. The molecule has 464 valence electrons. The van der Waals surface area contributed by atoms with Crippen molar-refractivity contribution in [2.75, 3.05) is 42.8 Å². The van der Waals surface area contributed by atoms with Gasteiger partial charge in [-0.05, 0) is 170 Å². The quantitative estimate of drug-likeness (QED) is 0.0574. The second-order valence-electron chi connectivity index (χ2n) is 21.4. The van der Waals surface area contributed by atoms with Crippen LogP contribution in [0.2, 0.25) is 0 Å². The number of fused-ring (bicyclic) bond motifs is 3. The second kappa shape index (κ2) is 28.8. The number of para-hydroxylation sites is 3. The number of methoxy groups -OCH3 is 1. The number of β-amino-alcohol motifs (C(OH)–C–C–N with tert-alkyl or cyclic N) is 1. The van der Waals surface area contributed by atoms with E-state index in [1.807, 2.05) is 163 Å². The maximum atomic E-state index is 13.1. The van der Waals surface area contributed by atoms with Gasteiger partial charge in [0.1, 0.15) is 58.0 Å². The van der Waals surface area contributed by atoms with Gasteiger partial charge in [0.25, 0.3) is 0 Å². The molecule has 17 nitrogen and oxygen atoms in total. The van der Waals surface area contributed by atoms with Gasteiger partial charge in [0.2, 0.25) is 17.8 Å². The molecule has 20 heteroatoms. The van der Waals surface area contributed by atoms with Crippen molar-refractivity contribution in [1.82, 2.24) is 39.5 Å². The number of aryl methyl sites for hydroxylation is 1. The number of aromatic nitrogens is 8. The third kappa shape index (κ3) is 15.3. The molecule has 0 aliphatic carbocycles. The Morgan fingerprint density at radius 2 is 0.914 bits per heavy atom. The maximum absolute atomic E-state index is 13.1. The summed E-state index contributed by atoms with van der Waals surface area (Å²) in [7, 11) is 3.13. The SMILES string of the molecule is CNc1nc(-c2ccc(Oc3ccc(F)cc3)cc2)c2ccccc2n1.COC(=O)[C@@H]1C[C@@H](O)CN1c1nc(-c2ccc(Oc3ccc(F)cc3)cc2)c2ccccc2n1.Fc1ccc(Oc2ccc(-c3nc(NCCCn4ccnc4)nc4ccccc34)cc2)cc1. The van der Waals surface area contributed by atoms with E-state index in [0.717, 1.165) is 80.3 Å². The molecule has 13 aromatic rings. The number of imidazole rings is 1. The highest BCUT2D eigenvalue weighted by Crippen LogP contribution is 2.35. The molecule has 3 N–H and O–H groups in total. The first-order valence-electron chi connectivity index (χ1n) is 29.8. The number of halogens is 3. The fourth-order valence-corrected chi connectivity index (χ4v) is 10.4. The number of nitrogens with one attached hydrogen (secondary N) is 2. The lowest BCUT2D eigenvalue weighted by Crippen LogP contribution is -2.38. The zero-order valence-corrected chi connectivity index (χ0v) is 50.4. The van der Waals surface area contributed by atoms with Gasteiger partial charge in [0.15, 0.2) is 0 Å². The summed E-state index contributed by atoms with van der Waals surface area (Å²) in [5.74, 6) is 3.83. The molecule has 5 heterocycles. The van der Waals surface area contributed by atoms with Crippen molar-refractivity contribution in [3.63, 3.8) is 0 Å². The van der Waals surface area contributed by atoms with E-state index >= 15 is 0 Å². The van der Waals surface area contributed by atoms with Crippen molar-refractivity contribution in [2.45, 2.75) is 31.5 Å². The molecular formula is C73H60F3N11O6. The van der Waals surface area contributed by atoms with Crippen LogP contribution in [-0.4, -0.2) is 89.9 Å². The van der Waals surface area contributed by atoms with Gasteiger partial charge in [-0.2, -0.15) is 0 Å². The van der Waals surface area contributed by atoms with Crippen molar-refractivity contribution in [3.05, 3.63) is 255 Å². The molecule has 1 fully saturated rings. The maximum Gasteiger partial charge on any atom is 0.328 e. The van der Waals surface area contributed by atoms with Gasteiger partial charge in [0.05, 0.1) is 53.2 Å². The van der Waals surface area contributed by atoms with E-state index in [0.29, 0.717) is 58.0 Å². The van der Waals surface area contributed by atoms with Crippen LogP contribution < -0.4 is 29.7 Å². The highest BCUT2D eigenvalue weighted by Gasteiger charge is 2.39. The van der Waals surface area contributed by atoms with Crippen LogP contribution in [0.3, 0.4) is 0 Å². The molecule has 93 heavy (non-hydrogen) atoms. The third-order valence-corrected chi connectivity index (χ3v) is 15.0. The summed E-state index contributed by atoms with van der Waals surface area (Å²) in [6.45, 7) is 1.87. The molecule has 1 aliphatic rings. The monoisotopic (exact) mass is 1240 g/mol. The third-order valence-electron chi connectivity index (χ3n) is 15.0. The second-order valence-corrected chi connectivity index (χ2v) is 21.4. The topological polar surface area (TPSA) is 197 Å². The Kier molecular flexibility index (Phi) is 19.0. The van der Waals surface area contributed by atoms with Crippen LogP contribution in [0.15, 0.2) is 237 Å². The normalized spacial score (nSPS) is 13.3. The van der Waals surface area contributed by atoms with Gasteiger partial charge in [-0.1, -0.05) is 54.6 Å². The van der Waals surface area contributed by atoms with Crippen LogP contribution in [0, 0.1) is 17.5 Å². The van der Waals surface area contributed by atoms with E-state index in [2.05, 4.69) is 35.6 Å². The molecule has 0 radical (unpaired) electrons. The average Bonchev–Trinajstić information content (AvgIpc) is 2.09. The molecule has 0 bridgehead atoms. The number of hydrogen-bond acceptors (Lipinski definition) is 16. The number of aliphatic hydroxyl groups excluding tert-OH is 1. The Morgan fingerprint density at radius 1 is 0.516 bits per heavy atom. The standard InChI is InChI=1S/C26H22FN5O.C26H22FN3O4.C21H16FN3O/c27-20-8-12-22(13-9-20)33-21-10-6-19(7-11-21)25-23-4-1-2-5-24(23)30-26(31-25)29-14-3-16-32-17-15-28-18-32;1-33-25(32)23-14-18(31)15-30(23)26-28-22-5-3-2-4-21(22)24(29-26)16-6-10-19(11-7-16)34-20-12-8-17(27)9-13-20;1-23-21-24-19-5-3-2-4-18(19)20(25-21)14-6-10-16(11-7-14)26-17-12-8-15(22)9-13-17/h1-2,4-13,15,17-18H,3,14,16H2,(H,29,30,31);2-13,18,23,31H,14-15H2,1H3;2-13H,1H3,(H,23,24,25)/t;18-,23+;/m.1./s1. The number of esters is 1. The summed E-state index contributed by atoms with van der Waals surface area (Å²) in [6.07, 6.45) is 6.06. The number of rotatable bonds is 17. The number of anilines is 3. The van der Waals surface area contributed by atoms with Gasteiger partial charge in [0, 0.05) is 78.3 Å². The first-order valence-corrected chi connectivity index (χ1v) is 29.8. The predicted molar refractivity (Wildman–Crippen MR) is 353 cm³/mol. The largest absolute Gasteiger partial charge is 0.467 e. The zero-order chi connectivity index (χ0) is 64.0. The molecule has 2 atom stereocenters. The summed E-state index contributed by atoms with van der Waals surface area (Å²) in [5, 5.41) is 19.4. The van der Waals surface area contributed by atoms with E-state index in [-0.39, 0.29) is 30.4 Å². The van der Waals surface area contributed by atoms with Gasteiger partial charge >= 0.3 is 5.97 Å². The van der Waals surface area contributed by atoms with E-state index in [9.17, 15) is 23.1 Å². The Balaban J connectivity index is 0.000000135. The number of ether oxygens (including phenoxy) is 4. The lowest BCUT2D eigenvalue weighted by atomic mass is 10.1. The fraction of sp³-hybridized carbons (Fsp3) is 0.123. The Bertz CT molecular complexity index is 4650. The minimum atomic E-state index is -0.675. The number of benzene rings is 9. The number of carbonyl (C=O) groups is 1. The molecule has 1 aliphatic heterocycles. The number of carbonyl (C=O) groups excluding carboxylic acids is 1. The summed E-state index contributed by atoms with van der Waals surface area (Å²) >= 11 is 0. The Hall–Kier alpha value is -11.8. The minimum absolute atomic E-state index is 0.238. The van der Waals surface area contributed by atoms with Gasteiger partial charge < -0.3 is 44.2 Å². The minimum Gasteiger partial charge on any atom is -0.467 e. The van der Waals surface area contributed by atoms with Crippen LogP contribution in [-0.2, 0) is 16.1 Å². The fourth-order valence-electron chi connectivity index (χ4n) is 10.4. The smallest absolute Gasteiger partial charge is 0.328 e. The molecule has 9 aromatic carbocycles. The van der Waals surface area contributed by atoms with E-state index in [1.165, 1.54) is 43.5 Å². The van der Waals surface area contributed by atoms with E-state index in [1.54, 1.807) is 54.5 Å². The van der Waals surface area contributed by atoms with Gasteiger partial charge in [-0.15, -0.1) is 0 Å². The van der Waals surface area contributed by atoms with Crippen LogP contribution in [0.25, 0.3) is 66.5 Å². The lowest BCUT2D eigenvalue weighted by Gasteiger charge is -2.23. The lowest BCUT2D eigenvalue weighted by molar-refractivity contribution is -0.142. The number of aliphatic hydroxyl groups is 1. The van der Waals surface area contributed by atoms with Crippen molar-refractivity contribution >= 4 is 56.5 Å². The van der Waals surface area contributed by atoms with E-state index < -0.39 is 18.1 Å². The highest BCUT2D eigenvalue weighted by atomic mass is 19.1. The predicted octanol–water partition coefficient (Wildman–Crippen LogP) is 15.5. The Morgan fingerprint density at radius 3 is 1.33 bits per heavy atom. The number of nitrogens with zero attached hydrogens (tertiary/aromatic N) is 9. The van der Waals surface area contributed by atoms with Gasteiger partial charge in [-0.3, -0.25) is 0 Å². The van der Waals surface area contributed by atoms with Gasteiger partial charge in [-0.25, -0.2) is 52.9 Å². The van der Waals surface area contributed by atoms with Crippen molar-refractivity contribution < 1.29 is 42.0 Å². The first kappa shape index (κ1) is 61.5. The average molecular weight is 1240 g/mol. The molecule has 0 saturated carbocycles. The molecule has 0 unspecified atom stereocenters. The van der Waals surface area contributed by atoms with Crippen LogP contribution in [0.4, 0.5) is 31.0 Å². The number of hydrogen-bond donors (Lipinski definition) is 3. The zero-order valence-electron chi connectivity index (χ0n) is 50.4. The van der Waals surface area contributed by atoms with Crippen molar-refractivity contribution in [2.24, 2.45) is 0 Å². The Labute approximate surface area is 532 Å².